The lowest BCUT2D eigenvalue weighted by Crippen LogP contribution is -2.40. The molecule has 1 amide bonds. The van der Waals surface area contributed by atoms with Crippen molar-refractivity contribution in [1.82, 2.24) is 10.6 Å². The van der Waals surface area contributed by atoms with E-state index >= 15 is 0 Å². The summed E-state index contributed by atoms with van der Waals surface area (Å²) >= 11 is 0. The minimum Gasteiger partial charge on any atom is -0.394 e. The van der Waals surface area contributed by atoms with Gasteiger partial charge in [0, 0.05) is 6.04 Å². The van der Waals surface area contributed by atoms with Gasteiger partial charge >= 0.3 is 0 Å². The molecule has 0 heterocycles. The van der Waals surface area contributed by atoms with E-state index in [9.17, 15) is 9.90 Å². The molecule has 104 valence electrons. The Kier molecular flexibility index (Phi) is 5.36. The lowest BCUT2D eigenvalue weighted by atomic mass is 10.1. The molecule has 2 rings (SSSR count). The maximum absolute atomic E-state index is 11.9. The monoisotopic (exact) mass is 262 g/mol. The van der Waals surface area contributed by atoms with Gasteiger partial charge in [-0.2, -0.15) is 0 Å². The summed E-state index contributed by atoms with van der Waals surface area (Å²) in [7, 11) is 0. The van der Waals surface area contributed by atoms with Gasteiger partial charge in [0.05, 0.1) is 19.2 Å². The quantitative estimate of drug-likeness (QED) is 0.725. The van der Waals surface area contributed by atoms with E-state index in [0.29, 0.717) is 12.6 Å². The molecule has 1 saturated carbocycles. The molecule has 0 unspecified atom stereocenters. The van der Waals surface area contributed by atoms with Gasteiger partial charge in [0.2, 0.25) is 5.91 Å². The summed E-state index contributed by atoms with van der Waals surface area (Å²) in [6, 6.07) is 9.70. The third kappa shape index (κ3) is 4.33. The maximum Gasteiger partial charge on any atom is 0.234 e. The van der Waals surface area contributed by atoms with Gasteiger partial charge in [-0.25, -0.2) is 0 Å². The van der Waals surface area contributed by atoms with Crippen molar-refractivity contribution in [3.63, 3.8) is 0 Å². The molecule has 1 aliphatic carbocycles. The van der Waals surface area contributed by atoms with E-state index in [1.807, 2.05) is 30.3 Å². The minimum atomic E-state index is -0.320. The summed E-state index contributed by atoms with van der Waals surface area (Å²) < 4.78 is 0. The highest BCUT2D eigenvalue weighted by Crippen LogP contribution is 2.17. The van der Waals surface area contributed by atoms with Gasteiger partial charge in [-0.1, -0.05) is 43.2 Å². The van der Waals surface area contributed by atoms with E-state index in [-0.39, 0.29) is 18.6 Å². The molecule has 19 heavy (non-hydrogen) atoms. The van der Waals surface area contributed by atoms with Crippen LogP contribution in [0.1, 0.15) is 37.3 Å². The molecule has 1 aliphatic rings. The number of hydrogen-bond donors (Lipinski definition) is 3. The van der Waals surface area contributed by atoms with Crippen LogP contribution in [0.3, 0.4) is 0 Å². The first-order valence-corrected chi connectivity index (χ1v) is 6.98. The first-order chi connectivity index (χ1) is 9.29. The fourth-order valence-electron chi connectivity index (χ4n) is 2.53. The lowest BCUT2D eigenvalue weighted by Gasteiger charge is -2.18. The van der Waals surface area contributed by atoms with Crippen LogP contribution in [0.5, 0.6) is 0 Å². The Bertz CT molecular complexity index is 388. The van der Waals surface area contributed by atoms with Crippen molar-refractivity contribution >= 4 is 5.91 Å². The second kappa shape index (κ2) is 7.26. The molecular weight excluding hydrogens is 240 g/mol. The van der Waals surface area contributed by atoms with Crippen LogP contribution in [0.4, 0.5) is 0 Å². The van der Waals surface area contributed by atoms with Crippen LogP contribution in [0.25, 0.3) is 0 Å². The van der Waals surface area contributed by atoms with Crippen LogP contribution >= 0.6 is 0 Å². The third-order valence-electron chi connectivity index (χ3n) is 3.63. The van der Waals surface area contributed by atoms with Crippen molar-refractivity contribution in [2.75, 3.05) is 13.2 Å². The van der Waals surface area contributed by atoms with Crippen LogP contribution in [-0.4, -0.2) is 30.2 Å². The SMILES string of the molecule is O=C(CNC1CCCC1)N[C@H](CO)c1ccccc1. The number of rotatable bonds is 6. The lowest BCUT2D eigenvalue weighted by molar-refractivity contribution is -0.121. The Morgan fingerprint density at radius 2 is 1.95 bits per heavy atom. The van der Waals surface area contributed by atoms with E-state index < -0.39 is 0 Å². The molecule has 0 aromatic heterocycles. The summed E-state index contributed by atoms with van der Waals surface area (Å²) in [4.78, 5) is 11.9. The Hall–Kier alpha value is -1.39. The summed E-state index contributed by atoms with van der Waals surface area (Å²) in [5, 5.41) is 15.5. The first-order valence-electron chi connectivity index (χ1n) is 6.98. The molecule has 4 nitrogen and oxygen atoms in total. The van der Waals surface area contributed by atoms with Crippen LogP contribution < -0.4 is 10.6 Å². The smallest absolute Gasteiger partial charge is 0.234 e. The van der Waals surface area contributed by atoms with Gasteiger partial charge in [0.25, 0.3) is 0 Å². The second-order valence-corrected chi connectivity index (χ2v) is 5.08. The molecular formula is C15H22N2O2. The fraction of sp³-hybridized carbons (Fsp3) is 0.533. The van der Waals surface area contributed by atoms with E-state index in [4.69, 9.17) is 0 Å². The van der Waals surface area contributed by atoms with Crippen molar-refractivity contribution in [2.24, 2.45) is 0 Å². The zero-order chi connectivity index (χ0) is 13.5. The van der Waals surface area contributed by atoms with Crippen molar-refractivity contribution in [3.05, 3.63) is 35.9 Å². The fourth-order valence-corrected chi connectivity index (χ4v) is 2.53. The predicted octanol–water partition coefficient (Wildman–Crippen LogP) is 1.37. The molecule has 0 saturated heterocycles. The van der Waals surface area contributed by atoms with Crippen LogP contribution in [-0.2, 0) is 4.79 Å². The molecule has 0 aliphatic heterocycles. The molecule has 0 radical (unpaired) electrons. The summed E-state index contributed by atoms with van der Waals surface area (Å²) in [6.07, 6.45) is 4.83. The van der Waals surface area contributed by atoms with Crippen LogP contribution in [0.2, 0.25) is 0 Å². The molecule has 0 bridgehead atoms. The van der Waals surface area contributed by atoms with Crippen molar-refractivity contribution in [3.8, 4) is 0 Å². The maximum atomic E-state index is 11.9. The highest BCUT2D eigenvalue weighted by atomic mass is 16.3. The molecule has 1 fully saturated rings. The van der Waals surface area contributed by atoms with Crippen molar-refractivity contribution in [2.45, 2.75) is 37.8 Å². The average Bonchev–Trinajstić information content (AvgIpc) is 2.97. The Morgan fingerprint density at radius 3 is 2.58 bits per heavy atom. The zero-order valence-electron chi connectivity index (χ0n) is 11.1. The predicted molar refractivity (Wildman–Crippen MR) is 74.7 cm³/mol. The number of aliphatic hydroxyl groups is 1. The Balaban J connectivity index is 1.79. The molecule has 4 heteroatoms. The largest absolute Gasteiger partial charge is 0.394 e. The van der Waals surface area contributed by atoms with Gasteiger partial charge in [-0.3, -0.25) is 4.79 Å². The highest BCUT2D eigenvalue weighted by Gasteiger charge is 2.17. The van der Waals surface area contributed by atoms with Crippen molar-refractivity contribution < 1.29 is 9.90 Å². The van der Waals surface area contributed by atoms with Crippen LogP contribution in [0, 0.1) is 0 Å². The Labute approximate surface area is 114 Å². The van der Waals surface area contributed by atoms with Gasteiger partial charge in [-0.05, 0) is 18.4 Å². The van der Waals surface area contributed by atoms with E-state index in [2.05, 4.69) is 10.6 Å². The number of carbonyl (C=O) groups excluding carboxylic acids is 1. The van der Waals surface area contributed by atoms with Gasteiger partial charge < -0.3 is 15.7 Å². The van der Waals surface area contributed by atoms with E-state index in [1.54, 1.807) is 0 Å². The summed E-state index contributed by atoms with van der Waals surface area (Å²) in [6.45, 7) is 0.243. The highest BCUT2D eigenvalue weighted by molar-refractivity contribution is 5.78. The first kappa shape index (κ1) is 14.0. The molecule has 0 spiro atoms. The van der Waals surface area contributed by atoms with Gasteiger partial charge in [0.15, 0.2) is 0 Å². The van der Waals surface area contributed by atoms with Gasteiger partial charge in [0.1, 0.15) is 0 Å². The number of aliphatic hydroxyl groups excluding tert-OH is 1. The van der Waals surface area contributed by atoms with Crippen molar-refractivity contribution in [1.29, 1.82) is 0 Å². The van der Waals surface area contributed by atoms with Gasteiger partial charge in [-0.15, -0.1) is 0 Å². The molecule has 3 N–H and O–H groups in total. The standard InChI is InChI=1S/C15H22N2O2/c18-11-14(12-6-2-1-3-7-12)17-15(19)10-16-13-8-4-5-9-13/h1-3,6-7,13-14,16,18H,4-5,8-11H2,(H,17,19)/t14-/m1/s1. The topological polar surface area (TPSA) is 61.4 Å². The number of benzene rings is 1. The zero-order valence-corrected chi connectivity index (χ0v) is 11.1. The van der Waals surface area contributed by atoms with Crippen LogP contribution in [0.15, 0.2) is 30.3 Å². The Morgan fingerprint density at radius 1 is 1.26 bits per heavy atom. The minimum absolute atomic E-state index is 0.0604. The van der Waals surface area contributed by atoms with E-state index in [1.165, 1.54) is 12.8 Å². The summed E-state index contributed by atoms with van der Waals surface area (Å²) in [5.74, 6) is -0.0604. The van der Waals surface area contributed by atoms with E-state index in [0.717, 1.165) is 18.4 Å². The number of hydrogen-bond acceptors (Lipinski definition) is 3. The molecule has 1 aromatic carbocycles. The normalized spacial score (nSPS) is 17.3. The third-order valence-corrected chi connectivity index (χ3v) is 3.63. The average molecular weight is 262 g/mol. The molecule has 1 aromatic rings. The summed E-state index contributed by atoms with van der Waals surface area (Å²) in [5.41, 5.74) is 0.930. The number of amides is 1. The second-order valence-electron chi connectivity index (χ2n) is 5.08. The number of carbonyl (C=O) groups is 1. The number of nitrogens with one attached hydrogen (secondary N) is 2. The molecule has 1 atom stereocenters.